The quantitative estimate of drug-likeness (QED) is 0.911. The molecule has 0 aliphatic carbocycles. The maximum absolute atomic E-state index is 12.3. The van der Waals surface area contributed by atoms with Gasteiger partial charge in [-0.25, -0.2) is 0 Å². The molecule has 2 aliphatic heterocycles. The molecule has 110 valence electrons. The van der Waals surface area contributed by atoms with Gasteiger partial charge in [0.05, 0.1) is 5.02 Å². The van der Waals surface area contributed by atoms with Gasteiger partial charge in [-0.3, -0.25) is 9.69 Å². The first-order chi connectivity index (χ1) is 9.74. The molecular weight excluding hydrogens is 294 g/mol. The number of H-pyrrole nitrogens is 1. The van der Waals surface area contributed by atoms with Crippen molar-refractivity contribution < 1.29 is 4.79 Å². The Balaban J connectivity index is 1.54. The van der Waals surface area contributed by atoms with Crippen LogP contribution in [0.3, 0.4) is 0 Å². The Morgan fingerprint density at radius 1 is 1.25 bits per heavy atom. The lowest BCUT2D eigenvalue weighted by Crippen LogP contribution is -2.49. The Bertz CT molecular complexity index is 465. The lowest BCUT2D eigenvalue weighted by atomic mass is 10.0. The largest absolute Gasteiger partial charge is 0.356 e. The number of piperidine rings is 1. The summed E-state index contributed by atoms with van der Waals surface area (Å²) in [6.45, 7) is 4.11. The van der Waals surface area contributed by atoms with Crippen molar-refractivity contribution in [2.45, 2.75) is 18.9 Å². The monoisotopic (exact) mass is 313 g/mol. The summed E-state index contributed by atoms with van der Waals surface area (Å²) in [6.07, 6.45) is 3.84. The van der Waals surface area contributed by atoms with Crippen LogP contribution in [-0.4, -0.2) is 64.4 Å². The summed E-state index contributed by atoms with van der Waals surface area (Å²) in [5.74, 6) is 2.57. The molecule has 0 unspecified atom stereocenters. The van der Waals surface area contributed by atoms with Crippen molar-refractivity contribution in [3.63, 3.8) is 0 Å². The Kier molecular flexibility index (Phi) is 4.58. The molecule has 3 heterocycles. The molecule has 1 amide bonds. The number of halogens is 1. The predicted octanol–water partition coefficient (Wildman–Crippen LogP) is 2.32. The third-order valence-electron chi connectivity index (χ3n) is 4.19. The molecule has 0 spiro atoms. The van der Waals surface area contributed by atoms with Gasteiger partial charge in [0.1, 0.15) is 5.69 Å². The maximum atomic E-state index is 12.3. The number of likely N-dealkylation sites (tertiary alicyclic amines) is 1. The van der Waals surface area contributed by atoms with Crippen LogP contribution in [0.5, 0.6) is 0 Å². The summed E-state index contributed by atoms with van der Waals surface area (Å²) in [5, 5.41) is 0.592. The number of amides is 1. The molecule has 2 saturated heterocycles. The van der Waals surface area contributed by atoms with Crippen molar-refractivity contribution in [3.05, 3.63) is 23.0 Å². The van der Waals surface area contributed by atoms with Crippen molar-refractivity contribution in [1.29, 1.82) is 0 Å². The number of aromatic amines is 1. The predicted molar refractivity (Wildman–Crippen MR) is 83.6 cm³/mol. The summed E-state index contributed by atoms with van der Waals surface area (Å²) in [7, 11) is 0. The minimum atomic E-state index is 0.0737. The number of hydrogen-bond donors (Lipinski definition) is 1. The first-order valence-electron chi connectivity index (χ1n) is 7.19. The summed E-state index contributed by atoms with van der Waals surface area (Å²) < 4.78 is 0. The Morgan fingerprint density at radius 2 is 1.95 bits per heavy atom. The van der Waals surface area contributed by atoms with Crippen LogP contribution in [0, 0.1) is 0 Å². The van der Waals surface area contributed by atoms with E-state index in [-0.39, 0.29) is 5.91 Å². The molecule has 1 aromatic heterocycles. The van der Waals surface area contributed by atoms with E-state index >= 15 is 0 Å². The Labute approximate surface area is 128 Å². The van der Waals surface area contributed by atoms with Crippen LogP contribution < -0.4 is 0 Å². The topological polar surface area (TPSA) is 39.3 Å². The normalized spacial score (nSPS) is 22.1. The van der Waals surface area contributed by atoms with E-state index in [2.05, 4.69) is 9.88 Å². The van der Waals surface area contributed by atoms with Crippen LogP contribution >= 0.6 is 23.4 Å². The van der Waals surface area contributed by atoms with Crippen LogP contribution in [0.25, 0.3) is 0 Å². The van der Waals surface area contributed by atoms with Crippen LogP contribution in [0.4, 0.5) is 0 Å². The third kappa shape index (κ3) is 3.15. The molecule has 0 radical (unpaired) electrons. The first kappa shape index (κ1) is 14.3. The van der Waals surface area contributed by atoms with Gasteiger partial charge in [-0.15, -0.1) is 0 Å². The maximum Gasteiger partial charge on any atom is 0.270 e. The Morgan fingerprint density at radius 3 is 2.55 bits per heavy atom. The van der Waals surface area contributed by atoms with Gasteiger partial charge < -0.3 is 9.88 Å². The number of carbonyl (C=O) groups is 1. The molecule has 4 nitrogen and oxygen atoms in total. The second kappa shape index (κ2) is 6.41. The molecule has 0 atom stereocenters. The fourth-order valence-corrected chi connectivity index (χ4v) is 4.13. The van der Waals surface area contributed by atoms with E-state index in [0.29, 0.717) is 16.8 Å². The second-order valence-electron chi connectivity index (χ2n) is 5.40. The van der Waals surface area contributed by atoms with E-state index < -0.39 is 0 Å². The standard InChI is InChI=1S/C14H20ClN3OS/c15-11-9-13(16-10-11)14(19)18-3-1-12(2-4-18)17-5-7-20-8-6-17/h9-10,12,16H,1-8H2. The van der Waals surface area contributed by atoms with E-state index in [0.717, 1.165) is 25.9 Å². The van der Waals surface area contributed by atoms with E-state index in [9.17, 15) is 4.79 Å². The molecule has 2 aliphatic rings. The molecular formula is C14H20ClN3OS. The average Bonchev–Trinajstić information content (AvgIpc) is 2.94. The number of carbonyl (C=O) groups excluding carboxylic acids is 1. The number of thioether (sulfide) groups is 1. The molecule has 0 aromatic carbocycles. The lowest BCUT2D eigenvalue weighted by Gasteiger charge is -2.39. The van der Waals surface area contributed by atoms with Gasteiger partial charge in [0.25, 0.3) is 5.91 Å². The summed E-state index contributed by atoms with van der Waals surface area (Å²) >= 11 is 7.90. The highest BCUT2D eigenvalue weighted by molar-refractivity contribution is 7.99. The molecule has 2 fully saturated rings. The molecule has 20 heavy (non-hydrogen) atoms. The highest BCUT2D eigenvalue weighted by Gasteiger charge is 2.28. The van der Waals surface area contributed by atoms with Crippen LogP contribution in [0.2, 0.25) is 5.02 Å². The smallest absolute Gasteiger partial charge is 0.270 e. The highest BCUT2D eigenvalue weighted by atomic mass is 35.5. The fourth-order valence-electron chi connectivity index (χ4n) is 3.04. The zero-order valence-corrected chi connectivity index (χ0v) is 13.1. The van der Waals surface area contributed by atoms with Gasteiger partial charge in [-0.05, 0) is 18.9 Å². The van der Waals surface area contributed by atoms with Crippen molar-refractivity contribution in [3.8, 4) is 0 Å². The van der Waals surface area contributed by atoms with E-state index in [1.54, 1.807) is 12.3 Å². The van der Waals surface area contributed by atoms with Crippen LogP contribution in [0.15, 0.2) is 12.3 Å². The number of nitrogens with one attached hydrogen (secondary N) is 1. The molecule has 0 saturated carbocycles. The van der Waals surface area contributed by atoms with Crippen LogP contribution in [0.1, 0.15) is 23.3 Å². The van der Waals surface area contributed by atoms with Crippen molar-refractivity contribution in [2.24, 2.45) is 0 Å². The number of hydrogen-bond acceptors (Lipinski definition) is 3. The molecule has 0 bridgehead atoms. The lowest BCUT2D eigenvalue weighted by molar-refractivity contribution is 0.0626. The molecule has 1 N–H and O–H groups in total. The number of rotatable bonds is 2. The van der Waals surface area contributed by atoms with Gasteiger partial charge in [0.15, 0.2) is 0 Å². The van der Waals surface area contributed by atoms with Gasteiger partial charge in [0.2, 0.25) is 0 Å². The zero-order chi connectivity index (χ0) is 13.9. The van der Waals surface area contributed by atoms with E-state index in [1.165, 1.54) is 24.6 Å². The minimum absolute atomic E-state index is 0.0737. The Hall–Kier alpha value is -0.650. The van der Waals surface area contributed by atoms with Crippen LogP contribution in [-0.2, 0) is 0 Å². The van der Waals surface area contributed by atoms with Crippen molar-refractivity contribution in [1.82, 2.24) is 14.8 Å². The molecule has 6 heteroatoms. The SMILES string of the molecule is O=C(c1cc(Cl)c[nH]1)N1CCC(N2CCSCC2)CC1. The van der Waals surface area contributed by atoms with Crippen molar-refractivity contribution in [2.75, 3.05) is 37.7 Å². The minimum Gasteiger partial charge on any atom is -0.356 e. The first-order valence-corrected chi connectivity index (χ1v) is 8.72. The summed E-state index contributed by atoms with van der Waals surface area (Å²) in [5.41, 5.74) is 0.600. The van der Waals surface area contributed by atoms with Gasteiger partial charge in [-0.1, -0.05) is 11.6 Å². The summed E-state index contributed by atoms with van der Waals surface area (Å²) in [4.78, 5) is 19.8. The highest BCUT2D eigenvalue weighted by Crippen LogP contribution is 2.22. The second-order valence-corrected chi connectivity index (χ2v) is 7.06. The molecule has 3 rings (SSSR count). The van der Waals surface area contributed by atoms with E-state index in [4.69, 9.17) is 11.6 Å². The average molecular weight is 314 g/mol. The number of aromatic nitrogens is 1. The third-order valence-corrected chi connectivity index (χ3v) is 5.35. The zero-order valence-electron chi connectivity index (χ0n) is 11.5. The number of nitrogens with zero attached hydrogens (tertiary/aromatic N) is 2. The van der Waals surface area contributed by atoms with Gasteiger partial charge >= 0.3 is 0 Å². The van der Waals surface area contributed by atoms with E-state index in [1.807, 2.05) is 16.7 Å². The van der Waals surface area contributed by atoms with Crippen molar-refractivity contribution >= 4 is 29.3 Å². The van der Waals surface area contributed by atoms with Gasteiger partial charge in [0, 0.05) is 49.9 Å². The fraction of sp³-hybridized carbons (Fsp3) is 0.643. The summed E-state index contributed by atoms with van der Waals surface area (Å²) in [6, 6.07) is 2.37. The molecule has 1 aromatic rings. The van der Waals surface area contributed by atoms with Gasteiger partial charge in [-0.2, -0.15) is 11.8 Å².